The molecule has 1 atom stereocenters. The molecule has 5 heteroatoms. The van der Waals surface area contributed by atoms with Gasteiger partial charge in [-0.15, -0.1) is 0 Å². The van der Waals surface area contributed by atoms with E-state index in [-0.39, 0.29) is 6.04 Å². The molecule has 1 aromatic carbocycles. The fraction of sp³-hybridized carbons (Fsp3) is 0.286. The Morgan fingerprint density at radius 2 is 2.05 bits per heavy atom. The summed E-state index contributed by atoms with van der Waals surface area (Å²) in [5.41, 5.74) is 2.65. The normalized spacial score (nSPS) is 12.2. The number of hydrogen-bond acceptors (Lipinski definition) is 4. The van der Waals surface area contributed by atoms with Gasteiger partial charge in [0.25, 0.3) is 0 Å². The average molecular weight is 278 g/mol. The maximum absolute atomic E-state index is 6.07. The summed E-state index contributed by atoms with van der Waals surface area (Å²) in [7, 11) is 3.51. The van der Waals surface area contributed by atoms with Crippen LogP contribution >= 0.6 is 11.6 Å². The molecule has 100 valence electrons. The van der Waals surface area contributed by atoms with Crippen molar-refractivity contribution in [3.8, 4) is 5.75 Å². The summed E-state index contributed by atoms with van der Waals surface area (Å²) < 4.78 is 5.38. The first-order valence-electron chi connectivity index (χ1n) is 5.95. The van der Waals surface area contributed by atoms with Crippen molar-refractivity contribution >= 4 is 11.6 Å². The Labute approximate surface area is 117 Å². The molecular weight excluding hydrogens is 262 g/mol. The molecule has 0 bridgehead atoms. The molecular formula is C14H16ClN3O. The highest BCUT2D eigenvalue weighted by molar-refractivity contribution is 6.30. The summed E-state index contributed by atoms with van der Waals surface area (Å²) in [5, 5.41) is 3.88. The lowest BCUT2D eigenvalue weighted by Crippen LogP contribution is -2.20. The lowest BCUT2D eigenvalue weighted by molar-refractivity contribution is 0.405. The van der Waals surface area contributed by atoms with Crippen LogP contribution in [0.3, 0.4) is 0 Å². The van der Waals surface area contributed by atoms with E-state index in [0.29, 0.717) is 5.02 Å². The van der Waals surface area contributed by atoms with Crippen molar-refractivity contribution in [1.82, 2.24) is 15.3 Å². The van der Waals surface area contributed by atoms with Gasteiger partial charge in [-0.1, -0.05) is 11.6 Å². The second kappa shape index (κ2) is 5.99. The number of aromatic nitrogens is 2. The average Bonchev–Trinajstić information content (AvgIpc) is 2.42. The summed E-state index contributed by atoms with van der Waals surface area (Å²) in [6, 6.07) is 5.42. The van der Waals surface area contributed by atoms with Crippen LogP contribution in [0.2, 0.25) is 5.02 Å². The SMILES string of the molecule is CNC(c1cnc(C)cn1)c1cc(Cl)ccc1OC. The lowest BCUT2D eigenvalue weighted by atomic mass is 10.0. The van der Waals surface area contributed by atoms with Crippen molar-refractivity contribution in [2.45, 2.75) is 13.0 Å². The fourth-order valence-corrected chi connectivity index (χ4v) is 2.13. The zero-order valence-electron chi connectivity index (χ0n) is 11.1. The van der Waals surface area contributed by atoms with E-state index in [0.717, 1.165) is 22.7 Å². The van der Waals surface area contributed by atoms with Crippen LogP contribution in [0.25, 0.3) is 0 Å². The first kappa shape index (κ1) is 13.8. The minimum absolute atomic E-state index is 0.109. The third-order valence-electron chi connectivity index (χ3n) is 2.89. The Morgan fingerprint density at radius 1 is 1.26 bits per heavy atom. The highest BCUT2D eigenvalue weighted by Gasteiger charge is 2.18. The summed E-state index contributed by atoms with van der Waals surface area (Å²) in [6.45, 7) is 1.91. The Kier molecular flexibility index (Phi) is 4.35. The molecule has 1 N–H and O–H groups in total. The Morgan fingerprint density at radius 3 is 2.63 bits per heavy atom. The van der Waals surface area contributed by atoms with Crippen LogP contribution in [-0.4, -0.2) is 24.1 Å². The van der Waals surface area contributed by atoms with Crippen LogP contribution in [0.5, 0.6) is 5.75 Å². The molecule has 1 heterocycles. The monoisotopic (exact) mass is 277 g/mol. The summed E-state index contributed by atoms with van der Waals surface area (Å²) >= 11 is 6.07. The molecule has 0 saturated heterocycles. The molecule has 0 aliphatic heterocycles. The molecule has 2 aromatic rings. The molecule has 0 radical (unpaired) electrons. The number of benzene rings is 1. The Hall–Kier alpha value is -1.65. The molecule has 0 aliphatic carbocycles. The van der Waals surface area contributed by atoms with E-state index in [4.69, 9.17) is 16.3 Å². The summed E-state index contributed by atoms with van der Waals surface area (Å²) in [6.07, 6.45) is 3.51. The van der Waals surface area contributed by atoms with Gasteiger partial charge in [-0.3, -0.25) is 9.97 Å². The van der Waals surface area contributed by atoms with Gasteiger partial charge in [-0.05, 0) is 32.2 Å². The maximum atomic E-state index is 6.07. The van der Waals surface area contributed by atoms with Crippen molar-refractivity contribution in [2.75, 3.05) is 14.2 Å². The van der Waals surface area contributed by atoms with E-state index < -0.39 is 0 Å². The Bertz CT molecular complexity index is 557. The predicted octanol–water partition coefficient (Wildman–Crippen LogP) is 2.76. The van der Waals surface area contributed by atoms with E-state index in [1.165, 1.54) is 0 Å². The van der Waals surface area contributed by atoms with E-state index in [2.05, 4.69) is 15.3 Å². The Balaban J connectivity index is 2.47. The van der Waals surface area contributed by atoms with Crippen LogP contribution < -0.4 is 10.1 Å². The third-order valence-corrected chi connectivity index (χ3v) is 3.12. The third kappa shape index (κ3) is 3.03. The largest absolute Gasteiger partial charge is 0.496 e. The van der Waals surface area contributed by atoms with Crippen LogP contribution in [0, 0.1) is 6.92 Å². The maximum Gasteiger partial charge on any atom is 0.124 e. The highest BCUT2D eigenvalue weighted by Crippen LogP contribution is 2.31. The number of ether oxygens (including phenoxy) is 1. The molecule has 0 fully saturated rings. The van der Waals surface area contributed by atoms with E-state index in [9.17, 15) is 0 Å². The van der Waals surface area contributed by atoms with Gasteiger partial charge >= 0.3 is 0 Å². The zero-order valence-corrected chi connectivity index (χ0v) is 11.9. The van der Waals surface area contributed by atoms with Gasteiger partial charge in [-0.2, -0.15) is 0 Å². The van der Waals surface area contributed by atoms with Crippen molar-refractivity contribution in [3.63, 3.8) is 0 Å². The first-order valence-corrected chi connectivity index (χ1v) is 6.32. The van der Waals surface area contributed by atoms with Crippen molar-refractivity contribution in [3.05, 3.63) is 52.6 Å². The summed E-state index contributed by atoms with van der Waals surface area (Å²) in [5.74, 6) is 0.770. The van der Waals surface area contributed by atoms with Crippen LogP contribution in [-0.2, 0) is 0 Å². The van der Waals surface area contributed by atoms with Crippen LogP contribution in [0.4, 0.5) is 0 Å². The second-order valence-corrected chi connectivity index (χ2v) is 4.63. The van der Waals surface area contributed by atoms with E-state index in [1.54, 1.807) is 25.6 Å². The number of nitrogens with one attached hydrogen (secondary N) is 1. The van der Waals surface area contributed by atoms with Gasteiger partial charge in [0.05, 0.1) is 30.7 Å². The molecule has 2 rings (SSSR count). The topological polar surface area (TPSA) is 47.0 Å². The number of hydrogen-bond donors (Lipinski definition) is 1. The minimum atomic E-state index is -0.109. The van der Waals surface area contributed by atoms with Gasteiger partial charge in [-0.25, -0.2) is 0 Å². The number of rotatable bonds is 4. The van der Waals surface area contributed by atoms with Crippen molar-refractivity contribution < 1.29 is 4.74 Å². The van der Waals surface area contributed by atoms with Gasteiger partial charge in [0, 0.05) is 16.8 Å². The van der Waals surface area contributed by atoms with Gasteiger partial charge in [0.15, 0.2) is 0 Å². The highest BCUT2D eigenvalue weighted by atomic mass is 35.5. The lowest BCUT2D eigenvalue weighted by Gasteiger charge is -2.19. The molecule has 1 aromatic heterocycles. The zero-order chi connectivity index (χ0) is 13.8. The van der Waals surface area contributed by atoms with Gasteiger partial charge < -0.3 is 10.1 Å². The van der Waals surface area contributed by atoms with Gasteiger partial charge in [0.1, 0.15) is 5.75 Å². The van der Waals surface area contributed by atoms with E-state index >= 15 is 0 Å². The number of halogens is 1. The molecule has 0 aliphatic rings. The molecule has 0 spiro atoms. The number of nitrogens with zero attached hydrogens (tertiary/aromatic N) is 2. The minimum Gasteiger partial charge on any atom is -0.496 e. The molecule has 0 saturated carbocycles. The predicted molar refractivity (Wildman–Crippen MR) is 75.7 cm³/mol. The quantitative estimate of drug-likeness (QED) is 0.933. The molecule has 4 nitrogen and oxygen atoms in total. The molecule has 19 heavy (non-hydrogen) atoms. The summed E-state index contributed by atoms with van der Waals surface area (Å²) in [4.78, 5) is 8.68. The molecule has 0 amide bonds. The first-order chi connectivity index (χ1) is 9.15. The number of aryl methyl sites for hydroxylation is 1. The van der Waals surface area contributed by atoms with E-state index in [1.807, 2.05) is 26.1 Å². The number of methoxy groups -OCH3 is 1. The fourth-order valence-electron chi connectivity index (χ4n) is 1.95. The van der Waals surface area contributed by atoms with Crippen LogP contribution in [0.1, 0.15) is 23.0 Å². The van der Waals surface area contributed by atoms with Crippen LogP contribution in [0.15, 0.2) is 30.6 Å². The van der Waals surface area contributed by atoms with Gasteiger partial charge in [0.2, 0.25) is 0 Å². The van der Waals surface area contributed by atoms with Crippen molar-refractivity contribution in [1.29, 1.82) is 0 Å². The second-order valence-electron chi connectivity index (χ2n) is 4.19. The van der Waals surface area contributed by atoms with Crippen molar-refractivity contribution in [2.24, 2.45) is 0 Å². The standard InChI is InChI=1S/C14H16ClN3O/c1-9-7-18-12(8-17-9)14(16-2)11-6-10(15)4-5-13(11)19-3/h4-8,14,16H,1-3H3. The molecule has 1 unspecified atom stereocenters. The smallest absolute Gasteiger partial charge is 0.124 e.